The minimum atomic E-state index is -0.136. The van der Waals surface area contributed by atoms with E-state index in [0.717, 1.165) is 19.5 Å². The molecule has 0 saturated carbocycles. The van der Waals surface area contributed by atoms with Crippen LogP contribution in [0.1, 0.15) is 22.3 Å². The minimum Gasteiger partial charge on any atom is -0.508 e. The SMILES string of the molecule is Cc1c(O)cccc1C(=O)NCC1=CCNCC1. The number of carbonyl (C=O) groups is 1. The Balaban J connectivity index is 1.99. The first-order valence-corrected chi connectivity index (χ1v) is 6.14. The fraction of sp³-hybridized carbons (Fsp3) is 0.357. The van der Waals surface area contributed by atoms with Crippen LogP contribution in [0.4, 0.5) is 0 Å². The van der Waals surface area contributed by atoms with Gasteiger partial charge in [-0.1, -0.05) is 17.7 Å². The van der Waals surface area contributed by atoms with Crippen molar-refractivity contribution in [3.63, 3.8) is 0 Å². The number of aromatic hydroxyl groups is 1. The highest BCUT2D eigenvalue weighted by molar-refractivity contribution is 5.96. The zero-order chi connectivity index (χ0) is 13.0. The Hall–Kier alpha value is -1.81. The van der Waals surface area contributed by atoms with Crippen molar-refractivity contribution in [2.45, 2.75) is 13.3 Å². The first kappa shape index (κ1) is 12.6. The van der Waals surface area contributed by atoms with Gasteiger partial charge in [-0.3, -0.25) is 4.79 Å². The highest BCUT2D eigenvalue weighted by Gasteiger charge is 2.11. The summed E-state index contributed by atoms with van der Waals surface area (Å²) >= 11 is 0. The van der Waals surface area contributed by atoms with E-state index in [1.807, 2.05) is 0 Å². The average molecular weight is 246 g/mol. The Morgan fingerprint density at radius 1 is 1.50 bits per heavy atom. The highest BCUT2D eigenvalue weighted by atomic mass is 16.3. The molecule has 0 bridgehead atoms. The lowest BCUT2D eigenvalue weighted by atomic mass is 10.1. The van der Waals surface area contributed by atoms with Gasteiger partial charge >= 0.3 is 0 Å². The van der Waals surface area contributed by atoms with Gasteiger partial charge in [-0.05, 0) is 32.0 Å². The minimum absolute atomic E-state index is 0.136. The Morgan fingerprint density at radius 3 is 3.06 bits per heavy atom. The molecule has 0 aliphatic carbocycles. The number of phenols is 1. The molecule has 1 aliphatic rings. The molecule has 18 heavy (non-hydrogen) atoms. The summed E-state index contributed by atoms with van der Waals surface area (Å²) in [4.78, 5) is 12.0. The third-order valence-electron chi connectivity index (χ3n) is 3.18. The molecule has 1 aromatic rings. The zero-order valence-electron chi connectivity index (χ0n) is 10.5. The zero-order valence-corrected chi connectivity index (χ0v) is 10.5. The van der Waals surface area contributed by atoms with Gasteiger partial charge in [-0.25, -0.2) is 0 Å². The van der Waals surface area contributed by atoms with E-state index in [1.165, 1.54) is 5.57 Å². The molecule has 4 heteroatoms. The van der Waals surface area contributed by atoms with Gasteiger partial charge in [-0.2, -0.15) is 0 Å². The van der Waals surface area contributed by atoms with Gasteiger partial charge in [0.05, 0.1) is 0 Å². The predicted molar refractivity (Wildman–Crippen MR) is 70.7 cm³/mol. The third-order valence-corrected chi connectivity index (χ3v) is 3.18. The third kappa shape index (κ3) is 2.90. The van der Waals surface area contributed by atoms with E-state index in [0.29, 0.717) is 17.7 Å². The molecule has 1 aromatic carbocycles. The van der Waals surface area contributed by atoms with Gasteiger partial charge in [0.2, 0.25) is 0 Å². The maximum absolute atomic E-state index is 12.0. The van der Waals surface area contributed by atoms with Gasteiger partial charge in [-0.15, -0.1) is 0 Å². The fourth-order valence-electron chi connectivity index (χ4n) is 1.99. The van der Waals surface area contributed by atoms with Crippen LogP contribution in [0.5, 0.6) is 5.75 Å². The molecule has 1 aliphatic heterocycles. The van der Waals surface area contributed by atoms with Crippen LogP contribution in [-0.4, -0.2) is 30.6 Å². The van der Waals surface area contributed by atoms with Crippen molar-refractivity contribution in [3.05, 3.63) is 41.0 Å². The number of hydrogen-bond donors (Lipinski definition) is 3. The molecular formula is C14H18N2O2. The Bertz CT molecular complexity index is 481. The first-order chi connectivity index (χ1) is 8.68. The molecule has 1 heterocycles. The predicted octanol–water partition coefficient (Wildman–Crippen LogP) is 1.35. The topological polar surface area (TPSA) is 61.4 Å². The maximum Gasteiger partial charge on any atom is 0.251 e. The summed E-state index contributed by atoms with van der Waals surface area (Å²) in [5, 5.41) is 15.7. The van der Waals surface area contributed by atoms with E-state index >= 15 is 0 Å². The van der Waals surface area contributed by atoms with Crippen molar-refractivity contribution >= 4 is 5.91 Å². The lowest BCUT2D eigenvalue weighted by molar-refractivity contribution is 0.0955. The second-order valence-corrected chi connectivity index (χ2v) is 4.45. The van der Waals surface area contributed by atoms with Crippen LogP contribution in [0.3, 0.4) is 0 Å². The van der Waals surface area contributed by atoms with Gasteiger partial charge in [0.25, 0.3) is 5.91 Å². The van der Waals surface area contributed by atoms with Crippen LogP contribution in [0.15, 0.2) is 29.8 Å². The van der Waals surface area contributed by atoms with Gasteiger partial charge in [0.15, 0.2) is 0 Å². The molecule has 0 spiro atoms. The first-order valence-electron chi connectivity index (χ1n) is 6.14. The van der Waals surface area contributed by atoms with Crippen LogP contribution >= 0.6 is 0 Å². The number of rotatable bonds is 3. The standard InChI is InChI=1S/C14H18N2O2/c1-10-12(3-2-4-13(10)17)14(18)16-9-11-5-7-15-8-6-11/h2-5,15,17H,6-9H2,1H3,(H,16,18). The van der Waals surface area contributed by atoms with Gasteiger partial charge in [0, 0.05) is 24.2 Å². The van der Waals surface area contributed by atoms with Crippen molar-refractivity contribution < 1.29 is 9.90 Å². The molecule has 1 amide bonds. The van der Waals surface area contributed by atoms with Crippen molar-refractivity contribution in [2.75, 3.05) is 19.6 Å². The van der Waals surface area contributed by atoms with Crippen LogP contribution in [0, 0.1) is 6.92 Å². The Labute approximate surface area is 107 Å². The largest absolute Gasteiger partial charge is 0.508 e. The molecule has 0 atom stereocenters. The maximum atomic E-state index is 12.0. The summed E-state index contributed by atoms with van der Waals surface area (Å²) < 4.78 is 0. The van der Waals surface area contributed by atoms with E-state index in [9.17, 15) is 9.90 Å². The van der Waals surface area contributed by atoms with E-state index in [1.54, 1.807) is 25.1 Å². The van der Waals surface area contributed by atoms with Crippen molar-refractivity contribution in [1.82, 2.24) is 10.6 Å². The molecule has 96 valence electrons. The summed E-state index contributed by atoms with van der Waals surface area (Å²) in [5.41, 5.74) is 2.40. The van der Waals surface area contributed by atoms with Crippen molar-refractivity contribution in [1.29, 1.82) is 0 Å². The number of nitrogens with one attached hydrogen (secondary N) is 2. The lowest BCUT2D eigenvalue weighted by Crippen LogP contribution is -2.30. The second kappa shape index (κ2) is 5.69. The van der Waals surface area contributed by atoms with Crippen LogP contribution in [-0.2, 0) is 0 Å². The number of hydrogen-bond acceptors (Lipinski definition) is 3. The average Bonchev–Trinajstić information content (AvgIpc) is 2.40. The van der Waals surface area contributed by atoms with Crippen molar-refractivity contribution in [2.24, 2.45) is 0 Å². The quantitative estimate of drug-likeness (QED) is 0.705. The second-order valence-electron chi connectivity index (χ2n) is 4.45. The van der Waals surface area contributed by atoms with E-state index in [-0.39, 0.29) is 11.7 Å². The normalized spacial score (nSPS) is 15.1. The summed E-state index contributed by atoms with van der Waals surface area (Å²) in [7, 11) is 0. The molecule has 0 saturated heterocycles. The summed E-state index contributed by atoms with van der Waals surface area (Å²) in [6.07, 6.45) is 3.08. The summed E-state index contributed by atoms with van der Waals surface area (Å²) in [6.45, 7) is 4.16. The molecule has 0 radical (unpaired) electrons. The molecule has 0 aromatic heterocycles. The lowest BCUT2D eigenvalue weighted by Gasteiger charge is -2.15. The van der Waals surface area contributed by atoms with E-state index in [2.05, 4.69) is 16.7 Å². The molecule has 0 fully saturated rings. The summed E-state index contributed by atoms with van der Waals surface area (Å²) in [5.74, 6) is 0.0200. The smallest absolute Gasteiger partial charge is 0.251 e. The van der Waals surface area contributed by atoms with Crippen LogP contribution in [0.25, 0.3) is 0 Å². The van der Waals surface area contributed by atoms with E-state index in [4.69, 9.17) is 0 Å². The number of amides is 1. The van der Waals surface area contributed by atoms with Gasteiger partial charge in [0.1, 0.15) is 5.75 Å². The van der Waals surface area contributed by atoms with Crippen LogP contribution < -0.4 is 10.6 Å². The molecule has 3 N–H and O–H groups in total. The number of benzene rings is 1. The monoisotopic (exact) mass is 246 g/mol. The molecule has 0 unspecified atom stereocenters. The van der Waals surface area contributed by atoms with E-state index < -0.39 is 0 Å². The van der Waals surface area contributed by atoms with Gasteiger partial charge < -0.3 is 15.7 Å². The summed E-state index contributed by atoms with van der Waals surface area (Å²) in [6, 6.07) is 4.99. The number of carbonyl (C=O) groups excluding carboxylic acids is 1. The van der Waals surface area contributed by atoms with Crippen molar-refractivity contribution in [3.8, 4) is 5.75 Å². The molecular weight excluding hydrogens is 228 g/mol. The molecule has 2 rings (SSSR count). The Kier molecular flexibility index (Phi) is 3.99. The fourth-order valence-corrected chi connectivity index (χ4v) is 1.99. The number of phenolic OH excluding ortho intramolecular Hbond substituents is 1. The highest BCUT2D eigenvalue weighted by Crippen LogP contribution is 2.19. The van der Waals surface area contributed by atoms with Crippen LogP contribution in [0.2, 0.25) is 0 Å². The molecule has 4 nitrogen and oxygen atoms in total. The Morgan fingerprint density at radius 2 is 2.33 bits per heavy atom.